The molecule has 0 aliphatic heterocycles. The van der Waals surface area contributed by atoms with Gasteiger partial charge in [0.25, 0.3) is 0 Å². The molecule has 4 rings (SSSR count). The van der Waals surface area contributed by atoms with Gasteiger partial charge in [-0.1, -0.05) is 121 Å². The van der Waals surface area contributed by atoms with Gasteiger partial charge < -0.3 is 0 Å². The Morgan fingerprint density at radius 3 is 0.643 bits per heavy atom. The van der Waals surface area contributed by atoms with Crippen LogP contribution in [0, 0.1) is 0 Å². The molecule has 0 atom stereocenters. The van der Waals surface area contributed by atoms with Crippen LogP contribution in [0.3, 0.4) is 0 Å². The van der Waals surface area contributed by atoms with E-state index in [4.69, 9.17) is 0 Å². The summed E-state index contributed by atoms with van der Waals surface area (Å²) in [5, 5.41) is 0. The van der Waals surface area contributed by atoms with Gasteiger partial charge in [-0.15, -0.1) is 0 Å². The van der Waals surface area contributed by atoms with Crippen LogP contribution in [0.15, 0.2) is 121 Å². The first-order valence-electron chi connectivity index (χ1n) is 8.89. The van der Waals surface area contributed by atoms with Gasteiger partial charge in [0, 0.05) is 0 Å². The van der Waals surface area contributed by atoms with Gasteiger partial charge in [0.1, 0.15) is 0 Å². The molecule has 0 spiro atoms. The molecule has 0 radical (unpaired) electrons. The standard InChI is InChI=1S/C26H20.2Na.2H/c1-5-13-21(14-6-1)25(22-15-7-2-8-16-22)26(23-17-9-3-10-18-23)24-19-11-4-12-20-24;;;;/h1-20H;;;;. The predicted octanol–water partition coefficient (Wildman–Crippen LogP) is 5.40. The van der Waals surface area contributed by atoms with Crippen LogP contribution in [0.1, 0.15) is 22.3 Å². The van der Waals surface area contributed by atoms with Gasteiger partial charge in [-0.2, -0.15) is 0 Å². The molecule has 0 fully saturated rings. The van der Waals surface area contributed by atoms with Crippen LogP contribution >= 0.6 is 0 Å². The van der Waals surface area contributed by atoms with E-state index in [1.807, 2.05) is 0 Å². The van der Waals surface area contributed by atoms with Crippen molar-refractivity contribution in [1.82, 2.24) is 0 Å². The normalized spacial score (nSPS) is 9.57. The molecule has 0 unspecified atom stereocenters. The van der Waals surface area contributed by atoms with Crippen LogP contribution in [0.5, 0.6) is 0 Å². The van der Waals surface area contributed by atoms with E-state index in [1.165, 1.54) is 33.4 Å². The summed E-state index contributed by atoms with van der Waals surface area (Å²) in [7, 11) is 0. The Morgan fingerprint density at radius 2 is 0.464 bits per heavy atom. The van der Waals surface area contributed by atoms with Crippen molar-refractivity contribution in [2.45, 2.75) is 0 Å². The maximum absolute atomic E-state index is 2.19. The quantitative estimate of drug-likeness (QED) is 0.329. The van der Waals surface area contributed by atoms with Crippen molar-refractivity contribution in [2.75, 3.05) is 0 Å². The molecule has 0 aliphatic carbocycles. The van der Waals surface area contributed by atoms with Crippen molar-refractivity contribution < 1.29 is 0 Å². The molecule has 0 saturated heterocycles. The second-order valence-corrected chi connectivity index (χ2v) is 6.21. The van der Waals surface area contributed by atoms with Gasteiger partial charge in [-0.25, -0.2) is 0 Å². The molecule has 0 heterocycles. The minimum absolute atomic E-state index is 0. The van der Waals surface area contributed by atoms with Crippen LogP contribution in [0.4, 0.5) is 0 Å². The largest absolute Gasteiger partial charge is 0.0622 e. The molecule has 0 N–H and O–H groups in total. The van der Waals surface area contributed by atoms with Crippen LogP contribution < -0.4 is 0 Å². The van der Waals surface area contributed by atoms with E-state index in [9.17, 15) is 0 Å². The van der Waals surface area contributed by atoms with E-state index >= 15 is 0 Å². The first-order chi connectivity index (χ1) is 12.9. The Balaban J connectivity index is 0.00000140. The van der Waals surface area contributed by atoms with Crippen LogP contribution in [-0.2, 0) is 0 Å². The molecule has 2 heteroatoms. The Labute approximate surface area is 211 Å². The van der Waals surface area contributed by atoms with Crippen molar-refractivity contribution in [3.8, 4) is 0 Å². The molecule has 4 aromatic rings. The first-order valence-corrected chi connectivity index (χ1v) is 8.89. The summed E-state index contributed by atoms with van der Waals surface area (Å²) >= 11 is 0. The van der Waals surface area contributed by atoms with Crippen molar-refractivity contribution in [2.24, 2.45) is 0 Å². The molecule has 0 bridgehead atoms. The summed E-state index contributed by atoms with van der Waals surface area (Å²) in [6, 6.07) is 42.6. The van der Waals surface area contributed by atoms with Crippen LogP contribution in [0.2, 0.25) is 0 Å². The smallest absolute Gasteiger partial charge is 0.00268 e. The zero-order valence-corrected chi connectivity index (χ0v) is 14.5. The first kappa shape index (κ1) is 22.9. The topological polar surface area (TPSA) is 0 Å². The van der Waals surface area contributed by atoms with Gasteiger partial charge in [-0.3, -0.25) is 0 Å². The molecule has 0 aromatic heterocycles. The zero-order valence-electron chi connectivity index (χ0n) is 14.5. The van der Waals surface area contributed by atoms with Crippen LogP contribution in [-0.4, -0.2) is 59.1 Å². The fourth-order valence-electron chi connectivity index (χ4n) is 3.33. The molecule has 0 saturated carbocycles. The molecule has 0 aliphatic rings. The Bertz CT molecular complexity index is 825. The molecular formula is C26H22Na2. The molecule has 4 aromatic carbocycles. The van der Waals surface area contributed by atoms with Crippen molar-refractivity contribution >= 4 is 70.3 Å². The second-order valence-electron chi connectivity index (χ2n) is 6.21. The Hall–Kier alpha value is -1.38. The van der Waals surface area contributed by atoms with Crippen molar-refractivity contribution in [3.05, 3.63) is 144 Å². The number of rotatable bonds is 4. The van der Waals surface area contributed by atoms with Gasteiger partial charge in [0.05, 0.1) is 0 Å². The van der Waals surface area contributed by atoms with Gasteiger partial charge in [-0.05, 0) is 33.4 Å². The van der Waals surface area contributed by atoms with E-state index in [-0.39, 0.29) is 59.1 Å². The maximum Gasteiger partial charge on any atom is -0.00268 e. The summed E-state index contributed by atoms with van der Waals surface area (Å²) in [6.07, 6.45) is 0. The van der Waals surface area contributed by atoms with Gasteiger partial charge in [0.2, 0.25) is 0 Å². The van der Waals surface area contributed by atoms with Gasteiger partial charge >= 0.3 is 59.1 Å². The third-order valence-electron chi connectivity index (χ3n) is 4.50. The summed E-state index contributed by atoms with van der Waals surface area (Å²) < 4.78 is 0. The average Bonchev–Trinajstić information content (AvgIpc) is 2.74. The molecule has 128 valence electrons. The van der Waals surface area contributed by atoms with E-state index in [2.05, 4.69) is 121 Å². The summed E-state index contributed by atoms with van der Waals surface area (Å²) in [4.78, 5) is 0. The molecule has 28 heavy (non-hydrogen) atoms. The van der Waals surface area contributed by atoms with Crippen molar-refractivity contribution in [1.29, 1.82) is 0 Å². The third-order valence-corrected chi connectivity index (χ3v) is 4.50. The van der Waals surface area contributed by atoms with Gasteiger partial charge in [0.15, 0.2) is 0 Å². The van der Waals surface area contributed by atoms with E-state index in [0.29, 0.717) is 0 Å². The minimum Gasteiger partial charge on any atom is -0.0622 e. The summed E-state index contributed by atoms with van der Waals surface area (Å²) in [5.74, 6) is 0. The van der Waals surface area contributed by atoms with E-state index in [1.54, 1.807) is 0 Å². The van der Waals surface area contributed by atoms with Crippen LogP contribution in [0.25, 0.3) is 11.1 Å². The summed E-state index contributed by atoms with van der Waals surface area (Å²) in [5.41, 5.74) is 7.40. The fraction of sp³-hybridized carbons (Fsp3) is 0. The molecular weight excluding hydrogens is 358 g/mol. The average molecular weight is 380 g/mol. The second kappa shape index (κ2) is 11.6. The number of hydrogen-bond donors (Lipinski definition) is 0. The number of benzene rings is 4. The minimum atomic E-state index is 0. The van der Waals surface area contributed by atoms with E-state index < -0.39 is 0 Å². The maximum atomic E-state index is 2.19. The molecule has 0 amide bonds. The molecule has 0 nitrogen and oxygen atoms in total. The monoisotopic (exact) mass is 380 g/mol. The SMILES string of the molecule is [NaH].[NaH].c1ccc(C(=C(c2ccccc2)c2ccccc2)c2ccccc2)cc1. The Kier molecular flexibility index (Phi) is 9.47. The third kappa shape index (κ3) is 5.36. The summed E-state index contributed by atoms with van der Waals surface area (Å²) in [6.45, 7) is 0. The van der Waals surface area contributed by atoms with E-state index in [0.717, 1.165) is 0 Å². The fourth-order valence-corrected chi connectivity index (χ4v) is 3.33. The predicted molar refractivity (Wildman–Crippen MR) is 125 cm³/mol. The zero-order chi connectivity index (χ0) is 17.6. The Morgan fingerprint density at radius 1 is 0.286 bits per heavy atom. The number of hydrogen-bond acceptors (Lipinski definition) is 0. The van der Waals surface area contributed by atoms with Crippen molar-refractivity contribution in [3.63, 3.8) is 0 Å².